The number of fused-ring (bicyclic) bond motifs is 2. The third-order valence-electron chi connectivity index (χ3n) is 6.53. The molecule has 0 bridgehead atoms. The van der Waals surface area contributed by atoms with E-state index in [9.17, 15) is 9.59 Å². The molecule has 9 heteroatoms. The summed E-state index contributed by atoms with van der Waals surface area (Å²) in [5.74, 6) is 1.13. The normalized spacial score (nSPS) is 14.9. The van der Waals surface area contributed by atoms with E-state index >= 15 is 0 Å². The topological polar surface area (TPSA) is 94.8 Å². The summed E-state index contributed by atoms with van der Waals surface area (Å²) in [5, 5.41) is 10.4. The van der Waals surface area contributed by atoms with Gasteiger partial charge in [0, 0.05) is 6.42 Å². The van der Waals surface area contributed by atoms with E-state index in [2.05, 4.69) is 31.0 Å². The minimum Gasteiger partial charge on any atom is -0.493 e. The van der Waals surface area contributed by atoms with E-state index in [4.69, 9.17) is 13.9 Å². The predicted molar refractivity (Wildman–Crippen MR) is 148 cm³/mol. The first-order valence-corrected chi connectivity index (χ1v) is 13.7. The Hall–Kier alpha value is -3.72. The van der Waals surface area contributed by atoms with Gasteiger partial charge in [-0.2, -0.15) is 0 Å². The van der Waals surface area contributed by atoms with Crippen molar-refractivity contribution < 1.29 is 18.7 Å². The Bertz CT molecular complexity index is 1560. The van der Waals surface area contributed by atoms with Crippen LogP contribution in [0.25, 0.3) is 11.0 Å². The van der Waals surface area contributed by atoms with Crippen molar-refractivity contribution in [3.8, 4) is 11.5 Å². The third-order valence-corrected chi connectivity index (χ3v) is 7.47. The molecule has 38 heavy (non-hydrogen) atoms. The van der Waals surface area contributed by atoms with Crippen LogP contribution in [0.4, 0.5) is 5.13 Å². The van der Waals surface area contributed by atoms with Crippen molar-refractivity contribution in [2.75, 3.05) is 18.6 Å². The number of hydrogen-bond donors (Lipinski definition) is 0. The smallest absolute Gasteiger partial charge is 0.297 e. The fraction of sp³-hybridized carbons (Fsp3) is 0.379. The van der Waals surface area contributed by atoms with Gasteiger partial charge in [-0.1, -0.05) is 56.2 Å². The Morgan fingerprint density at radius 1 is 1.11 bits per heavy atom. The second-order valence-corrected chi connectivity index (χ2v) is 11.0. The van der Waals surface area contributed by atoms with E-state index in [0.717, 1.165) is 29.8 Å². The van der Waals surface area contributed by atoms with Crippen molar-refractivity contribution >= 4 is 33.3 Å². The zero-order valence-electron chi connectivity index (χ0n) is 22.2. The van der Waals surface area contributed by atoms with Gasteiger partial charge in [0.25, 0.3) is 5.91 Å². The fourth-order valence-corrected chi connectivity index (χ4v) is 5.75. The molecule has 4 aromatic rings. The van der Waals surface area contributed by atoms with E-state index in [1.54, 1.807) is 19.2 Å². The maximum absolute atomic E-state index is 13.9. The number of carbonyl (C=O) groups is 1. The van der Waals surface area contributed by atoms with Crippen molar-refractivity contribution in [1.29, 1.82) is 0 Å². The molecule has 0 radical (unpaired) electrons. The molecule has 3 heterocycles. The van der Waals surface area contributed by atoms with Crippen LogP contribution in [0.15, 0.2) is 45.6 Å². The van der Waals surface area contributed by atoms with Gasteiger partial charge in [0.1, 0.15) is 10.6 Å². The van der Waals surface area contributed by atoms with E-state index in [1.165, 1.54) is 16.2 Å². The van der Waals surface area contributed by atoms with E-state index in [1.807, 2.05) is 31.2 Å². The zero-order valence-corrected chi connectivity index (χ0v) is 23.1. The summed E-state index contributed by atoms with van der Waals surface area (Å²) in [4.78, 5) is 29.3. The summed E-state index contributed by atoms with van der Waals surface area (Å²) in [6.45, 7) is 8.80. The maximum Gasteiger partial charge on any atom is 0.297 e. The fourth-order valence-electron chi connectivity index (χ4n) is 4.67. The lowest BCUT2D eigenvalue weighted by atomic mass is 9.98. The van der Waals surface area contributed by atoms with Crippen molar-refractivity contribution in [1.82, 2.24) is 10.2 Å². The molecular formula is C29H31N3O5S. The van der Waals surface area contributed by atoms with Gasteiger partial charge < -0.3 is 13.9 Å². The highest BCUT2D eigenvalue weighted by molar-refractivity contribution is 7.15. The Morgan fingerprint density at radius 2 is 1.92 bits per heavy atom. The third kappa shape index (κ3) is 4.67. The molecule has 1 aliphatic heterocycles. The Labute approximate surface area is 225 Å². The molecule has 1 unspecified atom stereocenters. The van der Waals surface area contributed by atoms with Crippen LogP contribution in [0.2, 0.25) is 0 Å². The van der Waals surface area contributed by atoms with Gasteiger partial charge in [-0.05, 0) is 49.1 Å². The predicted octanol–water partition coefficient (Wildman–Crippen LogP) is 6.09. The standard InChI is InChI=1S/C29H31N3O5S/c1-6-7-12-36-21-11-9-18(15-22(21)35-5)25-24-26(33)19-14-17(4)8-10-20(19)37-27(24)28(34)32(25)29-31-30-23(38-29)13-16(2)3/h8-11,14-16,25H,6-7,12-13H2,1-5H3. The van der Waals surface area contributed by atoms with Gasteiger partial charge in [0.2, 0.25) is 10.9 Å². The molecule has 0 saturated carbocycles. The average Bonchev–Trinajstić information content (AvgIpc) is 3.46. The number of benzene rings is 2. The lowest BCUT2D eigenvalue weighted by molar-refractivity contribution is 0.0970. The Balaban J connectivity index is 1.68. The largest absolute Gasteiger partial charge is 0.493 e. The molecule has 1 amide bonds. The molecule has 198 valence electrons. The monoisotopic (exact) mass is 533 g/mol. The lowest BCUT2D eigenvalue weighted by Gasteiger charge is -2.23. The van der Waals surface area contributed by atoms with Crippen molar-refractivity contribution in [2.45, 2.75) is 53.0 Å². The second-order valence-electron chi connectivity index (χ2n) is 9.94. The van der Waals surface area contributed by atoms with E-state index in [0.29, 0.717) is 45.7 Å². The molecule has 2 aromatic carbocycles. The minimum atomic E-state index is -0.753. The molecule has 8 nitrogen and oxygen atoms in total. The number of rotatable bonds is 9. The number of methoxy groups -OCH3 is 1. The number of carbonyl (C=O) groups excluding carboxylic acids is 1. The molecule has 1 aliphatic rings. The first-order chi connectivity index (χ1) is 18.3. The van der Waals surface area contributed by atoms with Crippen LogP contribution in [0.5, 0.6) is 11.5 Å². The maximum atomic E-state index is 13.9. The average molecular weight is 534 g/mol. The van der Waals surface area contributed by atoms with Gasteiger partial charge in [-0.15, -0.1) is 10.2 Å². The molecule has 0 aliphatic carbocycles. The van der Waals surface area contributed by atoms with Crippen molar-refractivity contribution in [2.24, 2.45) is 5.92 Å². The SMILES string of the molecule is CCCCOc1ccc(C2c3c(oc4ccc(C)cc4c3=O)C(=O)N2c2nnc(CC(C)C)s2)cc1OC. The molecule has 0 fully saturated rings. The van der Waals surface area contributed by atoms with Gasteiger partial charge in [-0.3, -0.25) is 14.5 Å². The number of amides is 1. The number of hydrogen-bond acceptors (Lipinski definition) is 8. The van der Waals surface area contributed by atoms with Crippen LogP contribution in [-0.2, 0) is 6.42 Å². The van der Waals surface area contributed by atoms with E-state index in [-0.39, 0.29) is 16.8 Å². The summed E-state index contributed by atoms with van der Waals surface area (Å²) < 4.78 is 17.6. The second kappa shape index (κ2) is 10.6. The summed E-state index contributed by atoms with van der Waals surface area (Å²) in [6, 6.07) is 10.1. The number of anilines is 1. The van der Waals surface area contributed by atoms with Crippen LogP contribution in [-0.4, -0.2) is 29.8 Å². The summed E-state index contributed by atoms with van der Waals surface area (Å²) in [5.41, 5.74) is 2.05. The van der Waals surface area contributed by atoms with E-state index < -0.39 is 11.9 Å². The Morgan fingerprint density at radius 3 is 2.66 bits per heavy atom. The quantitative estimate of drug-likeness (QED) is 0.240. The molecular weight excluding hydrogens is 502 g/mol. The van der Waals surface area contributed by atoms with Crippen LogP contribution in [0.1, 0.15) is 71.9 Å². The first-order valence-electron chi connectivity index (χ1n) is 12.9. The summed E-state index contributed by atoms with van der Waals surface area (Å²) in [7, 11) is 1.57. The van der Waals surface area contributed by atoms with Gasteiger partial charge in [-0.25, -0.2) is 0 Å². The molecule has 1 atom stereocenters. The van der Waals surface area contributed by atoms with Crippen molar-refractivity contribution in [3.63, 3.8) is 0 Å². The summed E-state index contributed by atoms with van der Waals surface area (Å²) >= 11 is 1.35. The lowest BCUT2D eigenvalue weighted by Crippen LogP contribution is -2.29. The highest BCUT2D eigenvalue weighted by atomic mass is 32.1. The first kappa shape index (κ1) is 25.9. The van der Waals surface area contributed by atoms with Crippen LogP contribution in [0, 0.1) is 12.8 Å². The summed E-state index contributed by atoms with van der Waals surface area (Å²) in [6.07, 6.45) is 2.68. The van der Waals surface area contributed by atoms with Gasteiger partial charge in [0.05, 0.1) is 30.7 Å². The van der Waals surface area contributed by atoms with Crippen molar-refractivity contribution in [3.05, 3.63) is 74.1 Å². The number of nitrogens with zero attached hydrogens (tertiary/aromatic N) is 3. The molecule has 2 aromatic heterocycles. The highest BCUT2D eigenvalue weighted by Crippen LogP contribution is 2.44. The molecule has 0 saturated heterocycles. The molecule has 5 rings (SSSR count). The number of ether oxygens (including phenoxy) is 2. The minimum absolute atomic E-state index is 0.0270. The number of unbranched alkanes of at least 4 members (excludes halogenated alkanes) is 1. The van der Waals surface area contributed by atoms with Crippen LogP contribution >= 0.6 is 11.3 Å². The number of aryl methyl sites for hydroxylation is 1. The van der Waals surface area contributed by atoms with Crippen LogP contribution < -0.4 is 19.8 Å². The van der Waals surface area contributed by atoms with Gasteiger partial charge >= 0.3 is 0 Å². The highest BCUT2D eigenvalue weighted by Gasteiger charge is 2.45. The number of aromatic nitrogens is 2. The zero-order chi connectivity index (χ0) is 27.0. The van der Waals surface area contributed by atoms with Crippen LogP contribution in [0.3, 0.4) is 0 Å². The molecule has 0 N–H and O–H groups in total. The Kier molecular flexibility index (Phi) is 7.21. The van der Waals surface area contributed by atoms with Gasteiger partial charge in [0.15, 0.2) is 16.9 Å². The molecule has 0 spiro atoms.